The maximum atomic E-state index is 11.2. The first-order valence-electron chi connectivity index (χ1n) is 6.07. The van der Waals surface area contributed by atoms with Crippen LogP contribution in [0.25, 0.3) is 0 Å². The molecule has 104 valence electrons. The topological polar surface area (TPSA) is 49.3 Å². The Morgan fingerprint density at radius 2 is 1.90 bits per heavy atom. The highest BCUT2D eigenvalue weighted by molar-refractivity contribution is 9.10. The zero-order valence-electron chi connectivity index (χ0n) is 10.6. The number of anilines is 1. The number of carbonyl (C=O) groups is 1. The van der Waals surface area contributed by atoms with Gasteiger partial charge in [0.2, 0.25) is 0 Å². The lowest BCUT2D eigenvalue weighted by molar-refractivity contribution is 0.0698. The molecule has 0 aliphatic carbocycles. The fourth-order valence-electron chi connectivity index (χ4n) is 1.84. The average molecular weight is 355 g/mol. The lowest BCUT2D eigenvalue weighted by Gasteiger charge is -2.10. The number of carboxylic acids is 1. The molecule has 0 amide bonds. The molecule has 5 heteroatoms. The molecule has 0 radical (unpaired) electrons. The summed E-state index contributed by atoms with van der Waals surface area (Å²) in [6, 6.07) is 12.8. The van der Waals surface area contributed by atoms with Crippen molar-refractivity contribution in [2.75, 3.05) is 11.9 Å². The van der Waals surface area contributed by atoms with Gasteiger partial charge < -0.3 is 10.4 Å². The summed E-state index contributed by atoms with van der Waals surface area (Å²) in [6.45, 7) is 0.656. The van der Waals surface area contributed by atoms with Gasteiger partial charge >= 0.3 is 5.97 Å². The van der Waals surface area contributed by atoms with Gasteiger partial charge in [-0.05, 0) is 42.3 Å². The minimum Gasteiger partial charge on any atom is -0.478 e. The Balaban J connectivity index is 2.00. The fourth-order valence-corrected chi connectivity index (χ4v) is 2.33. The van der Waals surface area contributed by atoms with Crippen LogP contribution < -0.4 is 5.32 Å². The van der Waals surface area contributed by atoms with E-state index >= 15 is 0 Å². The van der Waals surface area contributed by atoms with Crippen LogP contribution in [-0.4, -0.2) is 17.6 Å². The van der Waals surface area contributed by atoms with Crippen LogP contribution in [0.15, 0.2) is 46.9 Å². The van der Waals surface area contributed by atoms with Crippen LogP contribution in [0.5, 0.6) is 0 Å². The Kier molecular flexibility index (Phi) is 5.04. The SMILES string of the molecule is O=C(O)c1cc(Br)ccc1NCCc1ccc(Cl)cc1. The quantitative estimate of drug-likeness (QED) is 0.833. The molecule has 0 aromatic heterocycles. The van der Waals surface area contributed by atoms with E-state index in [4.69, 9.17) is 16.7 Å². The highest BCUT2D eigenvalue weighted by Crippen LogP contribution is 2.21. The number of halogens is 2. The van der Waals surface area contributed by atoms with E-state index in [1.54, 1.807) is 12.1 Å². The number of hydrogen-bond donors (Lipinski definition) is 2. The number of benzene rings is 2. The van der Waals surface area contributed by atoms with Crippen molar-refractivity contribution in [3.63, 3.8) is 0 Å². The Hall–Kier alpha value is -1.52. The third kappa shape index (κ3) is 3.99. The van der Waals surface area contributed by atoms with E-state index < -0.39 is 5.97 Å². The number of aromatic carboxylic acids is 1. The van der Waals surface area contributed by atoms with Gasteiger partial charge in [0.1, 0.15) is 0 Å². The molecular weight excluding hydrogens is 342 g/mol. The molecule has 2 aromatic rings. The van der Waals surface area contributed by atoms with Crippen LogP contribution in [0.3, 0.4) is 0 Å². The van der Waals surface area contributed by atoms with Gasteiger partial charge in [-0.1, -0.05) is 39.7 Å². The van der Waals surface area contributed by atoms with Crippen molar-refractivity contribution in [1.29, 1.82) is 0 Å². The largest absolute Gasteiger partial charge is 0.478 e. The summed E-state index contributed by atoms with van der Waals surface area (Å²) in [4.78, 5) is 11.2. The summed E-state index contributed by atoms with van der Waals surface area (Å²) < 4.78 is 0.748. The first-order chi connectivity index (χ1) is 9.56. The van der Waals surface area contributed by atoms with Crippen LogP contribution in [-0.2, 0) is 6.42 Å². The summed E-state index contributed by atoms with van der Waals surface area (Å²) in [5, 5.41) is 13.0. The van der Waals surface area contributed by atoms with Gasteiger partial charge in [0.05, 0.1) is 5.56 Å². The summed E-state index contributed by atoms with van der Waals surface area (Å²) >= 11 is 9.10. The molecule has 20 heavy (non-hydrogen) atoms. The van der Waals surface area contributed by atoms with Crippen molar-refractivity contribution < 1.29 is 9.90 Å². The van der Waals surface area contributed by atoms with E-state index in [2.05, 4.69) is 21.2 Å². The first-order valence-corrected chi connectivity index (χ1v) is 7.24. The van der Waals surface area contributed by atoms with E-state index in [9.17, 15) is 4.79 Å². The molecule has 2 aromatic carbocycles. The molecule has 0 fully saturated rings. The molecule has 0 spiro atoms. The van der Waals surface area contributed by atoms with E-state index in [1.165, 1.54) is 0 Å². The average Bonchev–Trinajstić information content (AvgIpc) is 2.42. The summed E-state index contributed by atoms with van der Waals surface area (Å²) in [5.74, 6) is -0.944. The normalized spacial score (nSPS) is 10.3. The minimum atomic E-state index is -0.944. The van der Waals surface area contributed by atoms with Crippen molar-refractivity contribution in [3.8, 4) is 0 Å². The van der Waals surface area contributed by atoms with Crippen LogP contribution >= 0.6 is 27.5 Å². The number of hydrogen-bond acceptors (Lipinski definition) is 2. The zero-order chi connectivity index (χ0) is 14.5. The van der Waals surface area contributed by atoms with Gasteiger partial charge in [0, 0.05) is 21.7 Å². The van der Waals surface area contributed by atoms with E-state index in [-0.39, 0.29) is 5.56 Å². The van der Waals surface area contributed by atoms with Gasteiger partial charge in [-0.15, -0.1) is 0 Å². The Morgan fingerprint density at radius 3 is 2.55 bits per heavy atom. The van der Waals surface area contributed by atoms with Crippen molar-refractivity contribution in [2.24, 2.45) is 0 Å². The molecule has 0 aliphatic rings. The van der Waals surface area contributed by atoms with Crippen LogP contribution in [0.1, 0.15) is 15.9 Å². The Morgan fingerprint density at radius 1 is 1.20 bits per heavy atom. The lowest BCUT2D eigenvalue weighted by Crippen LogP contribution is -2.09. The van der Waals surface area contributed by atoms with Crippen LogP contribution in [0, 0.1) is 0 Å². The van der Waals surface area contributed by atoms with Gasteiger partial charge in [0.25, 0.3) is 0 Å². The second-order valence-electron chi connectivity index (χ2n) is 4.30. The standard InChI is InChI=1S/C15H13BrClNO2/c16-11-3-6-14(13(9-11)15(19)20)18-8-7-10-1-4-12(17)5-2-10/h1-6,9,18H,7-8H2,(H,19,20). The van der Waals surface area contributed by atoms with Gasteiger partial charge in [-0.3, -0.25) is 0 Å². The van der Waals surface area contributed by atoms with Gasteiger partial charge in [-0.2, -0.15) is 0 Å². The van der Waals surface area contributed by atoms with E-state index in [1.807, 2.05) is 30.3 Å². The van der Waals surface area contributed by atoms with Gasteiger partial charge in [0.15, 0.2) is 0 Å². The third-order valence-corrected chi connectivity index (χ3v) is 3.60. The second-order valence-corrected chi connectivity index (χ2v) is 5.65. The van der Waals surface area contributed by atoms with Gasteiger partial charge in [-0.25, -0.2) is 4.79 Å². The molecule has 0 heterocycles. The predicted molar refractivity (Wildman–Crippen MR) is 84.7 cm³/mol. The molecule has 0 aliphatic heterocycles. The molecular formula is C15H13BrClNO2. The maximum Gasteiger partial charge on any atom is 0.337 e. The van der Waals surface area contributed by atoms with Crippen molar-refractivity contribution in [2.45, 2.75) is 6.42 Å². The molecule has 3 nitrogen and oxygen atoms in total. The van der Waals surface area contributed by atoms with Crippen molar-refractivity contribution in [1.82, 2.24) is 0 Å². The smallest absolute Gasteiger partial charge is 0.337 e. The monoisotopic (exact) mass is 353 g/mol. The minimum absolute atomic E-state index is 0.260. The Bertz CT molecular complexity index is 614. The molecule has 0 unspecified atom stereocenters. The second kappa shape index (κ2) is 6.77. The van der Waals surface area contributed by atoms with E-state index in [0.29, 0.717) is 17.3 Å². The third-order valence-electron chi connectivity index (χ3n) is 2.85. The Labute approximate surface area is 130 Å². The predicted octanol–water partition coefficient (Wildman–Crippen LogP) is 4.46. The molecule has 2 N–H and O–H groups in total. The van der Waals surface area contributed by atoms with Crippen LogP contribution in [0.2, 0.25) is 5.02 Å². The summed E-state index contributed by atoms with van der Waals surface area (Å²) in [5.41, 5.74) is 2.03. The lowest BCUT2D eigenvalue weighted by atomic mass is 10.1. The first kappa shape index (κ1) is 14.9. The molecule has 0 bridgehead atoms. The summed E-state index contributed by atoms with van der Waals surface area (Å²) in [6.07, 6.45) is 0.798. The molecule has 0 saturated carbocycles. The molecule has 0 saturated heterocycles. The van der Waals surface area contributed by atoms with E-state index in [0.717, 1.165) is 16.5 Å². The molecule has 2 rings (SSSR count). The fraction of sp³-hybridized carbons (Fsp3) is 0.133. The van der Waals surface area contributed by atoms with Crippen LogP contribution in [0.4, 0.5) is 5.69 Å². The van der Waals surface area contributed by atoms with Crippen molar-refractivity contribution >= 4 is 39.2 Å². The number of nitrogens with one attached hydrogen (secondary N) is 1. The number of carboxylic acid groups (broad SMARTS) is 1. The zero-order valence-corrected chi connectivity index (χ0v) is 12.9. The summed E-state index contributed by atoms with van der Waals surface area (Å²) in [7, 11) is 0. The highest BCUT2D eigenvalue weighted by Gasteiger charge is 2.10. The maximum absolute atomic E-state index is 11.2. The highest BCUT2D eigenvalue weighted by atomic mass is 79.9. The van der Waals surface area contributed by atoms with Crippen molar-refractivity contribution in [3.05, 3.63) is 63.1 Å². The number of rotatable bonds is 5. The molecule has 0 atom stereocenters.